The van der Waals surface area contributed by atoms with Gasteiger partial charge in [-0.15, -0.1) is 22.7 Å². The van der Waals surface area contributed by atoms with Gasteiger partial charge in [-0.3, -0.25) is 0 Å². The molecule has 0 unspecified atom stereocenters. The van der Waals surface area contributed by atoms with E-state index in [2.05, 4.69) is 4.98 Å². The largest absolute Gasteiger partial charge is 0.455 e. The summed E-state index contributed by atoms with van der Waals surface area (Å²) in [4.78, 5) is 17.0. The highest BCUT2D eigenvalue weighted by molar-refractivity contribution is 7.18. The molecule has 0 bridgehead atoms. The van der Waals surface area contributed by atoms with Crippen LogP contribution in [-0.2, 0) is 16.1 Å². The van der Waals surface area contributed by atoms with Crippen LogP contribution < -0.4 is 0 Å². The van der Waals surface area contributed by atoms with Crippen LogP contribution in [0, 0.1) is 0 Å². The summed E-state index contributed by atoms with van der Waals surface area (Å²) in [5, 5.41) is 2.77. The van der Waals surface area contributed by atoms with Crippen molar-refractivity contribution in [1.29, 1.82) is 0 Å². The second kappa shape index (κ2) is 5.98. The number of thiophene rings is 1. The topological polar surface area (TPSA) is 39.2 Å². The van der Waals surface area contributed by atoms with Crippen molar-refractivity contribution in [2.45, 2.75) is 6.61 Å². The summed E-state index contributed by atoms with van der Waals surface area (Å²) < 4.78 is 6.29. The van der Waals surface area contributed by atoms with Gasteiger partial charge in [-0.25, -0.2) is 9.78 Å². The van der Waals surface area contributed by atoms with E-state index in [0.29, 0.717) is 0 Å². The molecule has 20 heavy (non-hydrogen) atoms. The third-order valence-corrected chi connectivity index (χ3v) is 4.45. The van der Waals surface area contributed by atoms with E-state index in [4.69, 9.17) is 4.74 Å². The van der Waals surface area contributed by atoms with Crippen molar-refractivity contribution in [2.24, 2.45) is 0 Å². The van der Waals surface area contributed by atoms with E-state index >= 15 is 0 Å². The summed E-state index contributed by atoms with van der Waals surface area (Å²) in [6, 6.07) is 11.8. The molecule has 0 amide bonds. The summed E-state index contributed by atoms with van der Waals surface area (Å²) in [5.41, 5.74) is 0.942. The average Bonchev–Trinajstić information content (AvgIpc) is 3.11. The summed E-state index contributed by atoms with van der Waals surface area (Å²) in [5.74, 6) is -0.349. The van der Waals surface area contributed by atoms with Crippen molar-refractivity contribution in [3.05, 3.63) is 57.7 Å². The van der Waals surface area contributed by atoms with Crippen molar-refractivity contribution >= 4 is 44.9 Å². The van der Waals surface area contributed by atoms with Gasteiger partial charge in [-0.2, -0.15) is 0 Å². The zero-order valence-corrected chi connectivity index (χ0v) is 12.1. The highest BCUT2D eigenvalue weighted by Gasteiger charge is 2.05. The molecular weight excluding hydrogens is 290 g/mol. The van der Waals surface area contributed by atoms with Crippen molar-refractivity contribution in [3.63, 3.8) is 0 Å². The molecular formula is C15H11NO2S2. The van der Waals surface area contributed by atoms with Crippen LogP contribution in [0.1, 0.15) is 9.88 Å². The summed E-state index contributed by atoms with van der Waals surface area (Å²) in [7, 11) is 0. The minimum atomic E-state index is -0.349. The number of ether oxygens (including phenoxy) is 1. The number of benzene rings is 1. The second-order valence-electron chi connectivity index (χ2n) is 4.03. The number of fused-ring (bicyclic) bond motifs is 1. The second-order valence-corrected chi connectivity index (χ2v) is 6.13. The number of thiazole rings is 1. The molecule has 0 aliphatic heterocycles. The van der Waals surface area contributed by atoms with Crippen LogP contribution >= 0.6 is 22.7 Å². The van der Waals surface area contributed by atoms with Crippen molar-refractivity contribution < 1.29 is 9.53 Å². The van der Waals surface area contributed by atoms with Gasteiger partial charge in [0.25, 0.3) is 0 Å². The van der Waals surface area contributed by atoms with Gasteiger partial charge in [-0.1, -0.05) is 18.2 Å². The molecule has 5 heteroatoms. The van der Waals surface area contributed by atoms with E-state index in [1.807, 2.05) is 41.8 Å². The van der Waals surface area contributed by atoms with Crippen molar-refractivity contribution in [3.8, 4) is 0 Å². The summed E-state index contributed by atoms with van der Waals surface area (Å²) in [6.07, 6.45) is 3.20. The Morgan fingerprint density at radius 2 is 2.15 bits per heavy atom. The molecule has 2 aromatic heterocycles. The van der Waals surface area contributed by atoms with E-state index in [1.54, 1.807) is 28.7 Å². The molecule has 1 aromatic carbocycles. The molecule has 3 aromatic rings. The van der Waals surface area contributed by atoms with Crippen molar-refractivity contribution in [2.75, 3.05) is 0 Å². The first kappa shape index (κ1) is 13.0. The van der Waals surface area contributed by atoms with Gasteiger partial charge >= 0.3 is 5.97 Å². The first-order valence-electron chi connectivity index (χ1n) is 6.04. The molecule has 0 atom stereocenters. The van der Waals surface area contributed by atoms with Crippen LogP contribution in [0.2, 0.25) is 0 Å². The molecule has 0 radical (unpaired) electrons. The SMILES string of the molecule is O=C(C=Cc1cccs1)OCc1nc2ccccc2s1. The molecule has 0 saturated carbocycles. The molecule has 0 N–H and O–H groups in total. The molecule has 3 nitrogen and oxygen atoms in total. The van der Waals surface area contributed by atoms with E-state index < -0.39 is 0 Å². The number of hydrogen-bond donors (Lipinski definition) is 0. The molecule has 0 spiro atoms. The Morgan fingerprint density at radius 3 is 2.95 bits per heavy atom. The monoisotopic (exact) mass is 301 g/mol. The first-order chi connectivity index (χ1) is 9.81. The number of esters is 1. The van der Waals surface area contributed by atoms with Crippen LogP contribution in [-0.4, -0.2) is 11.0 Å². The lowest BCUT2D eigenvalue weighted by atomic mass is 10.3. The fraction of sp³-hybridized carbons (Fsp3) is 0.0667. The van der Waals surface area contributed by atoms with Crippen LogP contribution in [0.4, 0.5) is 0 Å². The Hall–Kier alpha value is -1.98. The van der Waals surface area contributed by atoms with Crippen LogP contribution in [0.25, 0.3) is 16.3 Å². The van der Waals surface area contributed by atoms with Gasteiger partial charge in [0.05, 0.1) is 10.2 Å². The van der Waals surface area contributed by atoms with Gasteiger partial charge < -0.3 is 4.74 Å². The third kappa shape index (κ3) is 3.12. The van der Waals surface area contributed by atoms with Crippen LogP contribution in [0.5, 0.6) is 0 Å². The minimum absolute atomic E-state index is 0.215. The molecule has 2 heterocycles. The number of para-hydroxylation sites is 1. The first-order valence-corrected chi connectivity index (χ1v) is 7.74. The van der Waals surface area contributed by atoms with E-state index in [0.717, 1.165) is 20.1 Å². The number of aromatic nitrogens is 1. The minimum Gasteiger partial charge on any atom is -0.455 e. The predicted octanol–water partition coefficient (Wildman–Crippen LogP) is 4.11. The lowest BCUT2D eigenvalue weighted by molar-refractivity contribution is -0.138. The van der Waals surface area contributed by atoms with Gasteiger partial charge in [0.1, 0.15) is 11.6 Å². The Bertz CT molecular complexity index is 711. The zero-order valence-electron chi connectivity index (χ0n) is 10.5. The Morgan fingerprint density at radius 1 is 1.25 bits per heavy atom. The Labute approximate surface area is 124 Å². The maximum atomic E-state index is 11.6. The number of carbonyl (C=O) groups excluding carboxylic acids is 1. The fourth-order valence-electron chi connectivity index (χ4n) is 1.70. The van der Waals surface area contributed by atoms with Crippen LogP contribution in [0.3, 0.4) is 0 Å². The quantitative estimate of drug-likeness (QED) is 0.537. The zero-order chi connectivity index (χ0) is 13.8. The third-order valence-electron chi connectivity index (χ3n) is 2.60. The normalized spacial score (nSPS) is 11.2. The molecule has 3 rings (SSSR count). The smallest absolute Gasteiger partial charge is 0.331 e. The number of hydrogen-bond acceptors (Lipinski definition) is 5. The number of rotatable bonds is 4. The lowest BCUT2D eigenvalue weighted by Gasteiger charge is -1.97. The average molecular weight is 301 g/mol. The lowest BCUT2D eigenvalue weighted by Crippen LogP contribution is -2.00. The Kier molecular flexibility index (Phi) is 3.90. The molecule has 0 aliphatic carbocycles. The number of nitrogens with zero attached hydrogens (tertiary/aromatic N) is 1. The maximum absolute atomic E-state index is 11.6. The van der Waals surface area contributed by atoms with E-state index in [9.17, 15) is 4.79 Å². The van der Waals surface area contributed by atoms with Crippen molar-refractivity contribution in [1.82, 2.24) is 4.98 Å². The fourth-order valence-corrected chi connectivity index (χ4v) is 3.20. The van der Waals surface area contributed by atoms with E-state index in [-0.39, 0.29) is 12.6 Å². The summed E-state index contributed by atoms with van der Waals surface area (Å²) >= 11 is 3.12. The standard InChI is InChI=1S/C15H11NO2S2/c17-15(8-7-11-4-3-9-19-11)18-10-14-16-12-5-1-2-6-13(12)20-14/h1-9H,10H2. The highest BCUT2D eigenvalue weighted by Crippen LogP contribution is 2.22. The van der Waals surface area contributed by atoms with Crippen LogP contribution in [0.15, 0.2) is 47.9 Å². The summed E-state index contributed by atoms with van der Waals surface area (Å²) in [6.45, 7) is 0.215. The predicted molar refractivity (Wildman–Crippen MR) is 82.8 cm³/mol. The van der Waals surface area contributed by atoms with Gasteiger partial charge in [0.2, 0.25) is 0 Å². The molecule has 0 fully saturated rings. The van der Waals surface area contributed by atoms with Gasteiger partial charge in [0.15, 0.2) is 0 Å². The van der Waals surface area contributed by atoms with Gasteiger partial charge in [0, 0.05) is 11.0 Å². The Balaban J connectivity index is 1.60. The highest BCUT2D eigenvalue weighted by atomic mass is 32.1. The molecule has 100 valence electrons. The van der Waals surface area contributed by atoms with E-state index in [1.165, 1.54) is 6.08 Å². The molecule has 0 saturated heterocycles. The maximum Gasteiger partial charge on any atom is 0.331 e. The van der Waals surface area contributed by atoms with Gasteiger partial charge in [-0.05, 0) is 29.7 Å². The molecule has 0 aliphatic rings. The number of carbonyl (C=O) groups is 1.